The van der Waals surface area contributed by atoms with Crippen molar-refractivity contribution in [1.82, 2.24) is 9.97 Å². The van der Waals surface area contributed by atoms with E-state index >= 15 is 0 Å². The van der Waals surface area contributed by atoms with E-state index in [9.17, 15) is 0 Å². The van der Waals surface area contributed by atoms with E-state index in [0.29, 0.717) is 0 Å². The fourth-order valence-corrected chi connectivity index (χ4v) is 3.07. The van der Waals surface area contributed by atoms with Crippen molar-refractivity contribution in [1.29, 1.82) is 0 Å². The van der Waals surface area contributed by atoms with Crippen molar-refractivity contribution in [3.05, 3.63) is 74.6 Å². The molecular formula is C20H20ClN3O. The first-order valence-electron chi connectivity index (χ1n) is 7.95. The van der Waals surface area contributed by atoms with Gasteiger partial charge < -0.3 is 14.7 Å². The third-order valence-electron chi connectivity index (χ3n) is 4.25. The van der Waals surface area contributed by atoms with Crippen LogP contribution in [-0.4, -0.2) is 17.1 Å². The molecule has 3 heterocycles. The standard InChI is InChI=1S/C20H19N3O.ClH/c1-12-8-13(2)21-16(12)10-19-20(24-3)11-18(23-19)17-9-14-6-4-5-7-15(14)22-17;/h4-11,21,23H,1-3H3;1H/b18-17+,19-10+;. The first-order chi connectivity index (χ1) is 11.6. The highest BCUT2D eigenvalue weighted by atomic mass is 35.5. The summed E-state index contributed by atoms with van der Waals surface area (Å²) >= 11 is 0. The number of aromatic nitrogens is 2. The van der Waals surface area contributed by atoms with Crippen LogP contribution in [0.15, 0.2) is 41.4 Å². The van der Waals surface area contributed by atoms with Crippen LogP contribution in [-0.2, 0) is 0 Å². The van der Waals surface area contributed by atoms with Gasteiger partial charge in [-0.15, -0.1) is 12.4 Å². The van der Waals surface area contributed by atoms with Crippen LogP contribution in [0.1, 0.15) is 17.0 Å². The topological polar surface area (TPSA) is 53.2 Å². The Kier molecular flexibility index (Phi) is 4.55. The van der Waals surface area contributed by atoms with Gasteiger partial charge in [0.05, 0.1) is 28.9 Å². The highest BCUT2D eigenvalue weighted by Gasteiger charge is 2.06. The van der Waals surface area contributed by atoms with Gasteiger partial charge in [-0.2, -0.15) is 0 Å². The lowest BCUT2D eigenvalue weighted by Gasteiger charge is -1.94. The van der Waals surface area contributed by atoms with Gasteiger partial charge in [0.2, 0.25) is 0 Å². The molecule has 0 unspecified atom stereocenters. The number of aryl methyl sites for hydroxylation is 2. The molecule has 0 spiro atoms. The molecule has 1 aliphatic rings. The molecule has 0 aliphatic carbocycles. The number of nitrogens with zero attached hydrogens (tertiary/aromatic N) is 1. The summed E-state index contributed by atoms with van der Waals surface area (Å²) in [6.07, 6.45) is 4.17. The minimum atomic E-state index is 0. The van der Waals surface area contributed by atoms with Crippen molar-refractivity contribution in [3.8, 4) is 5.75 Å². The minimum absolute atomic E-state index is 0. The number of aromatic amines is 2. The Hall–Kier alpha value is -2.72. The van der Waals surface area contributed by atoms with Gasteiger partial charge in [0, 0.05) is 22.7 Å². The van der Waals surface area contributed by atoms with E-state index in [2.05, 4.69) is 48.1 Å². The van der Waals surface area contributed by atoms with Gasteiger partial charge >= 0.3 is 0 Å². The third-order valence-corrected chi connectivity index (χ3v) is 4.25. The number of hydrogen-bond donors (Lipinski definition) is 2. The fraction of sp³-hybridized carbons (Fsp3) is 0.150. The summed E-state index contributed by atoms with van der Waals surface area (Å²) < 4.78 is 5.54. The Morgan fingerprint density at radius 3 is 2.56 bits per heavy atom. The van der Waals surface area contributed by atoms with Crippen LogP contribution >= 0.6 is 12.4 Å². The molecule has 0 radical (unpaired) electrons. The molecule has 0 fully saturated rings. The maximum Gasteiger partial charge on any atom is 0.144 e. The van der Waals surface area contributed by atoms with Gasteiger partial charge in [0.1, 0.15) is 5.75 Å². The van der Waals surface area contributed by atoms with Gasteiger partial charge in [0.15, 0.2) is 0 Å². The summed E-state index contributed by atoms with van der Waals surface area (Å²) in [5.74, 6) is 0.809. The molecule has 3 aromatic rings. The molecule has 5 heteroatoms. The molecule has 0 amide bonds. The first kappa shape index (κ1) is 17.1. The maximum atomic E-state index is 5.54. The van der Waals surface area contributed by atoms with Crippen molar-refractivity contribution in [2.24, 2.45) is 4.99 Å². The molecule has 0 saturated heterocycles. The summed E-state index contributed by atoms with van der Waals surface area (Å²) in [4.78, 5) is 11.5. The molecule has 0 atom stereocenters. The monoisotopic (exact) mass is 353 g/mol. The van der Waals surface area contributed by atoms with Crippen LogP contribution in [0.2, 0.25) is 0 Å². The SMILES string of the molecule is COc1c/c(=C2/C=c3ccccc3=N2)[nH]/c1=C/c1[nH]c(C)cc1C.Cl. The van der Waals surface area contributed by atoms with Crippen LogP contribution in [0.5, 0.6) is 5.75 Å². The zero-order valence-corrected chi connectivity index (χ0v) is 15.2. The zero-order valence-electron chi connectivity index (χ0n) is 14.4. The average molecular weight is 354 g/mol. The number of nitrogens with one attached hydrogen (secondary N) is 2. The van der Waals surface area contributed by atoms with E-state index in [1.165, 1.54) is 5.56 Å². The van der Waals surface area contributed by atoms with E-state index in [0.717, 1.165) is 44.1 Å². The number of methoxy groups -OCH3 is 1. The van der Waals surface area contributed by atoms with Crippen molar-refractivity contribution < 1.29 is 4.74 Å². The molecule has 1 aliphatic heterocycles. The Bertz CT molecular complexity index is 1130. The molecule has 2 aromatic heterocycles. The number of hydrogen-bond acceptors (Lipinski definition) is 2. The highest BCUT2D eigenvalue weighted by Crippen LogP contribution is 2.10. The van der Waals surface area contributed by atoms with Gasteiger partial charge in [-0.25, -0.2) is 4.99 Å². The van der Waals surface area contributed by atoms with Gasteiger partial charge in [-0.1, -0.05) is 18.2 Å². The molecular weight excluding hydrogens is 334 g/mol. The Labute approximate surface area is 151 Å². The van der Waals surface area contributed by atoms with Crippen LogP contribution < -0.4 is 26.0 Å². The number of benzene rings is 1. The second-order valence-electron chi connectivity index (χ2n) is 6.06. The smallest absolute Gasteiger partial charge is 0.144 e. The maximum absolute atomic E-state index is 5.54. The molecule has 1 aromatic carbocycles. The number of ether oxygens (including phenoxy) is 1. The van der Waals surface area contributed by atoms with Crippen molar-refractivity contribution in [2.75, 3.05) is 7.11 Å². The van der Waals surface area contributed by atoms with Crippen molar-refractivity contribution >= 4 is 30.3 Å². The van der Waals surface area contributed by atoms with Crippen molar-refractivity contribution in [3.63, 3.8) is 0 Å². The molecule has 0 bridgehead atoms. The van der Waals surface area contributed by atoms with E-state index in [1.807, 2.05) is 24.3 Å². The molecule has 25 heavy (non-hydrogen) atoms. The van der Waals surface area contributed by atoms with Gasteiger partial charge in [-0.3, -0.25) is 0 Å². The Morgan fingerprint density at radius 1 is 1.08 bits per heavy atom. The second kappa shape index (κ2) is 6.65. The first-order valence-corrected chi connectivity index (χ1v) is 7.95. The Balaban J connectivity index is 0.00000182. The molecule has 2 N–H and O–H groups in total. The number of H-pyrrole nitrogens is 2. The summed E-state index contributed by atoms with van der Waals surface area (Å²) in [6.45, 7) is 4.15. The fourth-order valence-electron chi connectivity index (χ4n) is 3.07. The van der Waals surface area contributed by atoms with Crippen LogP contribution in [0, 0.1) is 13.8 Å². The third kappa shape index (κ3) is 3.13. The lowest BCUT2D eigenvalue weighted by molar-refractivity contribution is 0.412. The normalized spacial score (nSPS) is 15.2. The molecule has 4 nitrogen and oxygen atoms in total. The summed E-state index contributed by atoms with van der Waals surface area (Å²) in [5, 5.41) is 4.03. The second-order valence-corrected chi connectivity index (χ2v) is 6.06. The highest BCUT2D eigenvalue weighted by molar-refractivity contribution is 5.85. The number of fused-ring (bicyclic) bond motifs is 1. The largest absolute Gasteiger partial charge is 0.494 e. The summed E-state index contributed by atoms with van der Waals surface area (Å²) in [7, 11) is 1.69. The van der Waals surface area contributed by atoms with Gasteiger partial charge in [-0.05, 0) is 43.7 Å². The molecule has 0 saturated carbocycles. The quantitative estimate of drug-likeness (QED) is 0.719. The predicted octanol–water partition coefficient (Wildman–Crippen LogP) is 1.44. The lowest BCUT2D eigenvalue weighted by atomic mass is 10.2. The van der Waals surface area contributed by atoms with E-state index < -0.39 is 0 Å². The van der Waals surface area contributed by atoms with E-state index in [-0.39, 0.29) is 12.4 Å². The Morgan fingerprint density at radius 2 is 1.88 bits per heavy atom. The number of rotatable bonds is 2. The van der Waals surface area contributed by atoms with Crippen LogP contribution in [0.25, 0.3) is 17.8 Å². The number of para-hydroxylation sites is 1. The lowest BCUT2D eigenvalue weighted by Crippen LogP contribution is -2.19. The predicted molar refractivity (Wildman–Crippen MR) is 103 cm³/mol. The molecule has 128 valence electrons. The minimum Gasteiger partial charge on any atom is -0.494 e. The van der Waals surface area contributed by atoms with Crippen LogP contribution in [0.3, 0.4) is 0 Å². The van der Waals surface area contributed by atoms with Crippen molar-refractivity contribution in [2.45, 2.75) is 13.8 Å². The summed E-state index contributed by atoms with van der Waals surface area (Å²) in [6, 6.07) is 12.3. The van der Waals surface area contributed by atoms with E-state index in [1.54, 1.807) is 7.11 Å². The number of halogens is 1. The average Bonchev–Trinajstić information content (AvgIpc) is 3.24. The zero-order chi connectivity index (χ0) is 16.7. The molecule has 4 rings (SSSR count). The van der Waals surface area contributed by atoms with Gasteiger partial charge in [0.25, 0.3) is 0 Å². The van der Waals surface area contributed by atoms with E-state index in [4.69, 9.17) is 9.73 Å². The summed E-state index contributed by atoms with van der Waals surface area (Å²) in [5.41, 5.74) is 4.37. The van der Waals surface area contributed by atoms with Crippen LogP contribution in [0.4, 0.5) is 0 Å².